The first-order chi connectivity index (χ1) is 23.1. The van der Waals surface area contributed by atoms with Gasteiger partial charge in [-0.1, -0.05) is 69.5 Å². The molecular formula is C36H50N6O7. The summed E-state index contributed by atoms with van der Waals surface area (Å²) in [6.45, 7) is 9.91. The van der Waals surface area contributed by atoms with Crippen LogP contribution in [0.2, 0.25) is 0 Å². The summed E-state index contributed by atoms with van der Waals surface area (Å²) < 4.78 is 5.29. The van der Waals surface area contributed by atoms with Crippen LogP contribution in [0.25, 0.3) is 0 Å². The molecule has 1 aromatic rings. The normalized spacial score (nSPS) is 23.9. The molecule has 0 radical (unpaired) electrons. The third-order valence-electron chi connectivity index (χ3n) is 11.2. The van der Waals surface area contributed by atoms with Crippen LogP contribution in [0.3, 0.4) is 0 Å². The van der Waals surface area contributed by atoms with Crippen LogP contribution in [-0.2, 0) is 36.8 Å². The van der Waals surface area contributed by atoms with Gasteiger partial charge in [-0.3, -0.25) is 19.2 Å². The summed E-state index contributed by atoms with van der Waals surface area (Å²) in [5.41, 5.74) is 7.89. The number of piperidine rings is 1. The van der Waals surface area contributed by atoms with Crippen LogP contribution in [0.1, 0.15) is 57.6 Å². The number of carbonyl (C=O) groups is 6. The molecular weight excluding hydrogens is 628 g/mol. The smallest absolute Gasteiger partial charge is 0.409 e. The number of rotatable bonds is 13. The molecule has 5 rings (SSSR count). The average Bonchev–Trinajstić information content (AvgIpc) is 3.39. The van der Waals surface area contributed by atoms with Crippen molar-refractivity contribution in [1.29, 1.82) is 0 Å². The number of ketones is 1. The Kier molecular flexibility index (Phi) is 10.4. The highest BCUT2D eigenvalue weighted by Gasteiger charge is 2.69. The Labute approximate surface area is 287 Å². The molecule has 1 saturated heterocycles. The number of Topliss-reactive ketones (excluding diaryl/α,β-unsaturated/α-hetero) is 1. The SMILES string of the molecule is C=C(C)[C@@H](COC(=O)N(C)C)NC(=O)N[C@H](C(=O)N1C[C@H]2[C@@H]([C@H]1C(=O)NC(CC1CCC1)C(=O)C(N)=O)C2(C)C)C1Cc2ccccc2C1. The predicted octanol–water partition coefficient (Wildman–Crippen LogP) is 1.92. The van der Waals surface area contributed by atoms with E-state index in [9.17, 15) is 28.8 Å². The van der Waals surface area contributed by atoms with Crippen LogP contribution in [-0.4, -0.2) is 96.8 Å². The Morgan fingerprint density at radius 2 is 1.65 bits per heavy atom. The van der Waals surface area contributed by atoms with Gasteiger partial charge in [-0.15, -0.1) is 0 Å². The van der Waals surface area contributed by atoms with Gasteiger partial charge in [0.2, 0.25) is 17.6 Å². The highest BCUT2D eigenvalue weighted by molar-refractivity contribution is 6.37. The van der Waals surface area contributed by atoms with Gasteiger partial charge in [0.1, 0.15) is 18.7 Å². The molecule has 1 aliphatic heterocycles. The summed E-state index contributed by atoms with van der Waals surface area (Å²) in [4.78, 5) is 81.9. The van der Waals surface area contributed by atoms with Gasteiger partial charge >= 0.3 is 12.1 Å². The van der Waals surface area contributed by atoms with Crippen molar-refractivity contribution in [3.05, 3.63) is 47.5 Å². The van der Waals surface area contributed by atoms with E-state index in [1.165, 1.54) is 4.90 Å². The number of benzene rings is 1. The monoisotopic (exact) mass is 678 g/mol. The lowest BCUT2D eigenvalue weighted by Gasteiger charge is -2.36. The number of fused-ring (bicyclic) bond motifs is 2. The van der Waals surface area contributed by atoms with Crippen molar-refractivity contribution < 1.29 is 33.5 Å². The van der Waals surface area contributed by atoms with Gasteiger partial charge in [0, 0.05) is 20.6 Å². The van der Waals surface area contributed by atoms with Crippen molar-refractivity contribution >= 4 is 35.6 Å². The molecule has 5 N–H and O–H groups in total. The second-order valence-electron chi connectivity index (χ2n) is 15.1. The Hall–Kier alpha value is -4.42. The Morgan fingerprint density at radius 3 is 2.18 bits per heavy atom. The van der Waals surface area contributed by atoms with Crippen molar-refractivity contribution in [2.75, 3.05) is 27.2 Å². The second kappa shape index (κ2) is 14.2. The molecule has 49 heavy (non-hydrogen) atoms. The first kappa shape index (κ1) is 35.9. The van der Waals surface area contributed by atoms with E-state index in [2.05, 4.69) is 36.4 Å². The summed E-state index contributed by atoms with van der Waals surface area (Å²) in [7, 11) is 3.10. The van der Waals surface area contributed by atoms with Gasteiger partial charge in [-0.2, -0.15) is 0 Å². The third kappa shape index (κ3) is 7.60. The number of primary amides is 1. The van der Waals surface area contributed by atoms with Crippen LogP contribution in [0.4, 0.5) is 9.59 Å². The largest absolute Gasteiger partial charge is 0.447 e. The number of hydrogen-bond acceptors (Lipinski definition) is 7. The lowest BCUT2D eigenvalue weighted by molar-refractivity contribution is -0.144. The molecule has 2 saturated carbocycles. The number of amides is 6. The third-order valence-corrected chi connectivity index (χ3v) is 11.2. The number of carbonyl (C=O) groups excluding carboxylic acids is 6. The van der Waals surface area contributed by atoms with Gasteiger partial charge in [0.15, 0.2) is 0 Å². The molecule has 13 nitrogen and oxygen atoms in total. The molecule has 3 fully saturated rings. The highest BCUT2D eigenvalue weighted by Crippen LogP contribution is 2.65. The molecule has 0 spiro atoms. The van der Waals surface area contributed by atoms with Gasteiger partial charge < -0.3 is 36.2 Å². The zero-order chi connectivity index (χ0) is 35.8. The first-order valence-corrected chi connectivity index (χ1v) is 17.2. The van der Waals surface area contributed by atoms with Crippen molar-refractivity contribution in [1.82, 2.24) is 25.8 Å². The highest BCUT2D eigenvalue weighted by atomic mass is 16.6. The minimum absolute atomic E-state index is 0.0542. The van der Waals surface area contributed by atoms with E-state index in [4.69, 9.17) is 10.5 Å². The lowest BCUT2D eigenvalue weighted by atomic mass is 9.80. The van der Waals surface area contributed by atoms with Gasteiger partial charge in [-0.25, -0.2) is 9.59 Å². The summed E-state index contributed by atoms with van der Waals surface area (Å²) >= 11 is 0. The molecule has 6 atom stereocenters. The Morgan fingerprint density at radius 1 is 1.02 bits per heavy atom. The second-order valence-corrected chi connectivity index (χ2v) is 15.1. The van der Waals surface area contributed by atoms with Crippen LogP contribution < -0.4 is 21.7 Å². The molecule has 266 valence electrons. The molecule has 6 amide bonds. The van der Waals surface area contributed by atoms with Crippen LogP contribution in [0.15, 0.2) is 36.4 Å². The minimum atomic E-state index is -1.10. The quantitative estimate of drug-likeness (QED) is 0.182. The maximum absolute atomic E-state index is 14.7. The van der Waals surface area contributed by atoms with Crippen molar-refractivity contribution in [3.63, 3.8) is 0 Å². The predicted molar refractivity (Wildman–Crippen MR) is 181 cm³/mol. The number of hydrogen-bond donors (Lipinski definition) is 4. The van der Waals surface area contributed by atoms with Gasteiger partial charge in [-0.05, 0) is 66.4 Å². The van der Waals surface area contributed by atoms with E-state index >= 15 is 0 Å². The number of nitrogens with zero attached hydrogens (tertiary/aromatic N) is 2. The topological polar surface area (TPSA) is 180 Å². The summed E-state index contributed by atoms with van der Waals surface area (Å²) in [5.74, 6) is -3.00. The number of ether oxygens (including phenoxy) is 1. The van der Waals surface area contributed by atoms with Gasteiger partial charge in [0.05, 0.1) is 12.1 Å². The molecule has 1 aromatic carbocycles. The fourth-order valence-electron chi connectivity index (χ4n) is 7.86. The standard InChI is InChI=1S/C36H50N6O7/c1-19(2)26(18-49-35(48)41(5)6)39-34(47)40-28(23-15-21-12-7-8-13-22(21)16-23)33(46)42-17-24-27(36(24,3)4)29(42)32(45)38-25(30(43)31(37)44)14-20-10-9-11-20/h7-8,12-13,20,23-29H,1,9-11,14-18H2,2-6H3,(H2,37,44)(H,38,45)(H2,39,40,47)/t24-,25?,26+,27-,28-,29-/m0/s1. The Balaban J connectivity index is 1.37. The number of nitrogens with one attached hydrogen (secondary N) is 3. The van der Waals surface area contributed by atoms with Crippen molar-refractivity contribution in [2.45, 2.75) is 83.5 Å². The molecule has 4 aliphatic rings. The fourth-order valence-corrected chi connectivity index (χ4v) is 7.86. The molecule has 1 heterocycles. The molecule has 13 heteroatoms. The summed E-state index contributed by atoms with van der Waals surface area (Å²) in [6, 6.07) is 3.61. The number of urea groups is 1. The van der Waals surface area contributed by atoms with Crippen LogP contribution in [0.5, 0.6) is 0 Å². The zero-order valence-electron chi connectivity index (χ0n) is 29.1. The number of nitrogens with two attached hydrogens (primary N) is 1. The van der Waals surface area contributed by atoms with Gasteiger partial charge in [0.25, 0.3) is 5.91 Å². The van der Waals surface area contributed by atoms with Crippen molar-refractivity contribution in [2.24, 2.45) is 34.8 Å². The molecule has 0 bridgehead atoms. The maximum atomic E-state index is 14.7. The minimum Gasteiger partial charge on any atom is -0.447 e. The summed E-state index contributed by atoms with van der Waals surface area (Å²) in [6.07, 6.45) is 3.71. The first-order valence-electron chi connectivity index (χ1n) is 17.2. The van der Waals surface area contributed by atoms with E-state index in [1.54, 1.807) is 25.9 Å². The number of likely N-dealkylation sites (tertiary alicyclic amines) is 1. The van der Waals surface area contributed by atoms with E-state index in [1.807, 2.05) is 24.3 Å². The summed E-state index contributed by atoms with van der Waals surface area (Å²) in [5, 5.41) is 8.52. The van der Waals surface area contributed by atoms with E-state index in [-0.39, 0.29) is 35.7 Å². The van der Waals surface area contributed by atoms with Crippen LogP contribution >= 0.6 is 0 Å². The van der Waals surface area contributed by atoms with E-state index in [0.717, 1.165) is 30.4 Å². The van der Waals surface area contributed by atoms with E-state index < -0.39 is 59.8 Å². The maximum Gasteiger partial charge on any atom is 0.409 e. The fraction of sp³-hybridized carbons (Fsp3) is 0.611. The molecule has 3 aliphatic carbocycles. The lowest BCUT2D eigenvalue weighted by Crippen LogP contribution is -2.61. The molecule has 0 aromatic heterocycles. The molecule has 1 unspecified atom stereocenters. The average molecular weight is 679 g/mol. The van der Waals surface area contributed by atoms with Crippen LogP contribution in [0, 0.1) is 29.1 Å². The zero-order valence-corrected chi connectivity index (χ0v) is 29.1. The van der Waals surface area contributed by atoms with Crippen molar-refractivity contribution in [3.8, 4) is 0 Å². The van der Waals surface area contributed by atoms with E-state index in [0.29, 0.717) is 31.4 Å². The Bertz CT molecular complexity index is 1500.